The summed E-state index contributed by atoms with van der Waals surface area (Å²) in [5, 5.41) is 0.542. The molecule has 0 fully saturated rings. The van der Waals surface area contributed by atoms with Crippen LogP contribution in [0.5, 0.6) is 17.2 Å². The molecule has 0 saturated carbocycles. The molecule has 5 nitrogen and oxygen atoms in total. The van der Waals surface area contributed by atoms with E-state index >= 15 is 0 Å². The summed E-state index contributed by atoms with van der Waals surface area (Å²) in [7, 11) is 0. The van der Waals surface area contributed by atoms with Crippen molar-refractivity contribution in [1.29, 1.82) is 0 Å². The molecule has 35 heavy (non-hydrogen) atoms. The first-order chi connectivity index (χ1) is 17.2. The molecule has 1 aromatic heterocycles. The predicted molar refractivity (Wildman–Crippen MR) is 138 cm³/mol. The van der Waals surface area contributed by atoms with Crippen LogP contribution >= 0.6 is 0 Å². The highest BCUT2D eigenvalue weighted by Gasteiger charge is 2.17. The molecule has 0 atom stereocenters. The fraction of sp³-hybridized carbons (Fsp3) is 0.233. The summed E-state index contributed by atoms with van der Waals surface area (Å²) in [6.45, 7) is 7.54. The lowest BCUT2D eigenvalue weighted by Crippen LogP contribution is -2.07. The molecule has 5 rings (SSSR count). The zero-order valence-corrected chi connectivity index (χ0v) is 19.8. The molecule has 3 aromatic carbocycles. The van der Waals surface area contributed by atoms with Crippen molar-refractivity contribution in [3.8, 4) is 28.4 Å². The second kappa shape index (κ2) is 10.1. The minimum absolute atomic E-state index is 0.0790. The molecule has 4 aromatic rings. The van der Waals surface area contributed by atoms with E-state index in [1.165, 1.54) is 6.26 Å². The highest BCUT2D eigenvalue weighted by molar-refractivity contribution is 5.84. The van der Waals surface area contributed by atoms with E-state index in [1.54, 1.807) is 0 Å². The van der Waals surface area contributed by atoms with Crippen LogP contribution in [-0.2, 0) is 13.0 Å². The van der Waals surface area contributed by atoms with E-state index in [9.17, 15) is 4.79 Å². The molecule has 5 heteroatoms. The SMILES string of the molecule is C=Cc1ccc(COc2cc3occ(-c4ccc5c(c4)OCCCO5)c(=O)c3cc2CCC)cc1. The third kappa shape index (κ3) is 4.80. The second-order valence-corrected chi connectivity index (χ2v) is 8.63. The molecule has 0 bridgehead atoms. The molecule has 178 valence electrons. The molecule has 0 amide bonds. The Balaban J connectivity index is 1.48. The average Bonchev–Trinajstić information content (AvgIpc) is 3.13. The van der Waals surface area contributed by atoms with Gasteiger partial charge in [0.25, 0.3) is 0 Å². The van der Waals surface area contributed by atoms with E-state index in [2.05, 4.69) is 13.5 Å². The standard InChI is InChI=1S/C30H28O5/c1-3-6-23-15-24-28(17-27(23)34-18-21-9-7-20(4-2)8-10-21)35-19-25(30(24)31)22-11-12-26-29(16-22)33-14-5-13-32-26/h4,7-12,15-17,19H,2-3,5-6,13-14,18H2,1H3. The van der Waals surface area contributed by atoms with Crippen LogP contribution in [-0.4, -0.2) is 13.2 Å². The van der Waals surface area contributed by atoms with E-state index in [0.29, 0.717) is 47.9 Å². The number of hydrogen-bond donors (Lipinski definition) is 0. The molecule has 1 aliphatic rings. The predicted octanol–water partition coefficient (Wildman–Crippen LogP) is 6.80. The van der Waals surface area contributed by atoms with Crippen molar-refractivity contribution in [2.75, 3.05) is 13.2 Å². The summed E-state index contributed by atoms with van der Waals surface area (Å²) >= 11 is 0. The highest BCUT2D eigenvalue weighted by Crippen LogP contribution is 2.34. The van der Waals surface area contributed by atoms with Crippen molar-refractivity contribution < 1.29 is 18.6 Å². The molecule has 0 aliphatic carbocycles. The Morgan fingerprint density at radius 3 is 2.57 bits per heavy atom. The van der Waals surface area contributed by atoms with E-state index in [1.807, 2.05) is 60.7 Å². The van der Waals surface area contributed by atoms with Crippen LogP contribution in [0.1, 0.15) is 36.5 Å². The minimum atomic E-state index is -0.0790. The third-order valence-electron chi connectivity index (χ3n) is 6.14. The monoisotopic (exact) mass is 468 g/mol. The van der Waals surface area contributed by atoms with E-state index < -0.39 is 0 Å². The van der Waals surface area contributed by atoms with Gasteiger partial charge in [0, 0.05) is 12.5 Å². The first kappa shape index (κ1) is 22.8. The Bertz CT molecular complexity index is 1420. The molecular weight excluding hydrogens is 440 g/mol. The average molecular weight is 469 g/mol. The summed E-state index contributed by atoms with van der Waals surface area (Å²) in [6, 6.07) is 17.4. The Kier molecular flexibility index (Phi) is 6.57. The maximum absolute atomic E-state index is 13.5. The zero-order chi connectivity index (χ0) is 24.2. The Morgan fingerprint density at radius 1 is 1.00 bits per heavy atom. The van der Waals surface area contributed by atoms with Gasteiger partial charge in [0.05, 0.1) is 24.2 Å². The van der Waals surface area contributed by atoms with Crippen LogP contribution in [0.15, 0.2) is 76.7 Å². The lowest BCUT2D eigenvalue weighted by atomic mass is 10.0. The van der Waals surface area contributed by atoms with Gasteiger partial charge in [-0.15, -0.1) is 0 Å². The molecule has 0 N–H and O–H groups in total. The van der Waals surface area contributed by atoms with Gasteiger partial charge >= 0.3 is 0 Å². The number of aryl methyl sites for hydroxylation is 1. The van der Waals surface area contributed by atoms with Gasteiger partial charge < -0.3 is 18.6 Å². The van der Waals surface area contributed by atoms with E-state index in [0.717, 1.165) is 47.3 Å². The Hall–Kier alpha value is -3.99. The molecule has 2 heterocycles. The molecule has 1 aliphatic heterocycles. The number of hydrogen-bond acceptors (Lipinski definition) is 5. The molecule has 0 spiro atoms. The van der Waals surface area contributed by atoms with Crippen molar-refractivity contribution >= 4 is 17.0 Å². The van der Waals surface area contributed by atoms with Gasteiger partial charge in [-0.25, -0.2) is 0 Å². The number of ether oxygens (including phenoxy) is 3. The summed E-state index contributed by atoms with van der Waals surface area (Å²) in [6.07, 6.45) is 5.89. The van der Waals surface area contributed by atoms with Crippen LogP contribution in [0, 0.1) is 0 Å². The van der Waals surface area contributed by atoms with Gasteiger partial charge in [-0.3, -0.25) is 4.79 Å². The van der Waals surface area contributed by atoms with Crippen LogP contribution in [0.3, 0.4) is 0 Å². The van der Waals surface area contributed by atoms with Gasteiger partial charge in [0.2, 0.25) is 5.43 Å². The Labute approximate surface area is 204 Å². The minimum Gasteiger partial charge on any atom is -0.490 e. The summed E-state index contributed by atoms with van der Waals surface area (Å²) in [4.78, 5) is 13.5. The topological polar surface area (TPSA) is 57.9 Å². The van der Waals surface area contributed by atoms with Crippen LogP contribution in [0.25, 0.3) is 28.2 Å². The largest absolute Gasteiger partial charge is 0.490 e. The zero-order valence-electron chi connectivity index (χ0n) is 19.8. The lowest BCUT2D eigenvalue weighted by Gasteiger charge is -2.13. The highest BCUT2D eigenvalue weighted by atomic mass is 16.5. The third-order valence-corrected chi connectivity index (χ3v) is 6.14. The van der Waals surface area contributed by atoms with Crippen LogP contribution < -0.4 is 19.6 Å². The first-order valence-electron chi connectivity index (χ1n) is 12.0. The molecule has 0 unspecified atom stereocenters. The smallest absolute Gasteiger partial charge is 0.200 e. The number of fused-ring (bicyclic) bond motifs is 2. The van der Waals surface area contributed by atoms with Crippen LogP contribution in [0.4, 0.5) is 0 Å². The maximum atomic E-state index is 13.5. The first-order valence-corrected chi connectivity index (χ1v) is 12.0. The van der Waals surface area contributed by atoms with Crippen molar-refractivity contribution in [2.45, 2.75) is 32.8 Å². The van der Waals surface area contributed by atoms with Gasteiger partial charge in [-0.1, -0.05) is 56.3 Å². The molecular formula is C30H28O5. The molecule has 0 radical (unpaired) electrons. The van der Waals surface area contributed by atoms with Gasteiger partial charge in [0.15, 0.2) is 11.5 Å². The van der Waals surface area contributed by atoms with Gasteiger partial charge in [0.1, 0.15) is 24.2 Å². The number of benzene rings is 3. The fourth-order valence-electron chi connectivity index (χ4n) is 4.24. The normalized spacial score (nSPS) is 12.8. The van der Waals surface area contributed by atoms with Crippen LogP contribution in [0.2, 0.25) is 0 Å². The van der Waals surface area contributed by atoms with Gasteiger partial charge in [-0.2, -0.15) is 0 Å². The van der Waals surface area contributed by atoms with Crippen molar-refractivity contribution in [3.63, 3.8) is 0 Å². The van der Waals surface area contributed by atoms with Crippen molar-refractivity contribution in [1.82, 2.24) is 0 Å². The van der Waals surface area contributed by atoms with Gasteiger partial charge in [-0.05, 0) is 46.9 Å². The van der Waals surface area contributed by atoms with E-state index in [4.69, 9.17) is 18.6 Å². The van der Waals surface area contributed by atoms with Crippen molar-refractivity contribution in [3.05, 3.63) is 94.4 Å². The van der Waals surface area contributed by atoms with Crippen molar-refractivity contribution in [2.24, 2.45) is 0 Å². The summed E-state index contributed by atoms with van der Waals surface area (Å²) in [5.41, 5.74) is 4.78. The summed E-state index contributed by atoms with van der Waals surface area (Å²) < 4.78 is 23.6. The number of rotatable bonds is 7. The second-order valence-electron chi connectivity index (χ2n) is 8.63. The quantitative estimate of drug-likeness (QED) is 0.299. The summed E-state index contributed by atoms with van der Waals surface area (Å²) in [5.74, 6) is 2.08. The lowest BCUT2D eigenvalue weighted by molar-refractivity contribution is 0.297. The van der Waals surface area contributed by atoms with E-state index in [-0.39, 0.29) is 5.43 Å². The maximum Gasteiger partial charge on any atom is 0.200 e. The Morgan fingerprint density at radius 2 is 1.80 bits per heavy atom. The fourth-order valence-corrected chi connectivity index (χ4v) is 4.24. The molecule has 0 saturated heterocycles.